The number of fused-ring (bicyclic) bond motifs is 1. The second-order valence-electron chi connectivity index (χ2n) is 7.94. The monoisotopic (exact) mass is 536 g/mol. The van der Waals surface area contributed by atoms with Crippen LogP contribution in [0.1, 0.15) is 43.1 Å². The Labute approximate surface area is 219 Å². The van der Waals surface area contributed by atoms with Crippen LogP contribution in [0.2, 0.25) is 0 Å². The van der Waals surface area contributed by atoms with Gasteiger partial charge in [0.05, 0.1) is 23.8 Å². The zero-order chi connectivity index (χ0) is 27.2. The molecule has 0 bridgehead atoms. The summed E-state index contributed by atoms with van der Waals surface area (Å²) in [6, 6.07) is 11.4. The van der Waals surface area contributed by atoms with Gasteiger partial charge in [0, 0.05) is 10.9 Å². The predicted molar refractivity (Wildman–Crippen MR) is 137 cm³/mol. The molecule has 0 saturated carbocycles. The SMILES string of the molecule is COC(=O)c1c(NC(=O)C(=O)N/N=C/c2cccc(OC(=O)c3ccccc3[N+](=O)[O-])c2)sc2c1CCC2. The van der Waals surface area contributed by atoms with Crippen molar-refractivity contribution in [2.24, 2.45) is 5.10 Å². The number of nitro benzene ring substituents is 1. The number of ether oxygens (including phenoxy) is 2. The number of anilines is 1. The second kappa shape index (κ2) is 11.4. The molecule has 0 atom stereocenters. The van der Waals surface area contributed by atoms with Crippen molar-refractivity contribution >= 4 is 52.0 Å². The molecule has 0 fully saturated rings. The summed E-state index contributed by atoms with van der Waals surface area (Å²) in [5, 5.41) is 17.6. The molecule has 0 radical (unpaired) electrons. The van der Waals surface area contributed by atoms with Crippen LogP contribution in [0, 0.1) is 10.1 Å². The third-order valence-electron chi connectivity index (χ3n) is 5.51. The smallest absolute Gasteiger partial charge is 0.350 e. The first-order valence-corrected chi connectivity index (χ1v) is 12.0. The van der Waals surface area contributed by atoms with Crippen LogP contribution in [0.25, 0.3) is 0 Å². The summed E-state index contributed by atoms with van der Waals surface area (Å²) < 4.78 is 10.1. The molecule has 38 heavy (non-hydrogen) atoms. The molecule has 12 nitrogen and oxygen atoms in total. The Balaban J connectivity index is 1.38. The first-order valence-electron chi connectivity index (χ1n) is 11.2. The molecule has 0 spiro atoms. The predicted octanol–water partition coefficient (Wildman–Crippen LogP) is 3.24. The van der Waals surface area contributed by atoms with E-state index in [1.807, 2.05) is 0 Å². The Bertz CT molecular complexity index is 1480. The average Bonchev–Trinajstić information content (AvgIpc) is 3.49. The van der Waals surface area contributed by atoms with E-state index in [-0.39, 0.29) is 27.6 Å². The van der Waals surface area contributed by atoms with Crippen molar-refractivity contribution in [3.8, 4) is 5.75 Å². The van der Waals surface area contributed by atoms with Crippen molar-refractivity contribution in [2.45, 2.75) is 19.3 Å². The number of benzene rings is 2. The van der Waals surface area contributed by atoms with Crippen LogP contribution >= 0.6 is 11.3 Å². The van der Waals surface area contributed by atoms with E-state index >= 15 is 0 Å². The lowest BCUT2D eigenvalue weighted by Crippen LogP contribution is -2.32. The summed E-state index contributed by atoms with van der Waals surface area (Å²) in [7, 11) is 1.25. The van der Waals surface area contributed by atoms with Gasteiger partial charge >= 0.3 is 23.8 Å². The van der Waals surface area contributed by atoms with Crippen LogP contribution in [0.4, 0.5) is 10.7 Å². The zero-order valence-electron chi connectivity index (χ0n) is 19.9. The zero-order valence-corrected chi connectivity index (χ0v) is 20.7. The standard InChI is InChI=1S/C25H20N4O8S/c1-36-25(33)20-17-9-5-11-19(17)38-23(20)27-21(30)22(31)28-26-13-14-6-4-7-15(12-14)37-24(32)16-8-2-3-10-18(16)29(34)35/h2-4,6-8,10,12-13H,5,9,11H2,1H3,(H,27,30)(H,28,31)/b26-13+. The maximum absolute atomic E-state index is 12.4. The minimum Gasteiger partial charge on any atom is -0.465 e. The Morgan fingerprint density at radius 2 is 1.84 bits per heavy atom. The quantitative estimate of drug-likeness (QED) is 0.116. The number of hydrogen-bond acceptors (Lipinski definition) is 10. The van der Waals surface area contributed by atoms with E-state index < -0.39 is 28.7 Å². The van der Waals surface area contributed by atoms with E-state index in [9.17, 15) is 29.3 Å². The molecule has 4 rings (SSSR count). The summed E-state index contributed by atoms with van der Waals surface area (Å²) >= 11 is 1.24. The number of nitro groups is 1. The molecule has 1 aromatic heterocycles. The number of hydrazone groups is 1. The number of carbonyl (C=O) groups excluding carboxylic acids is 4. The molecule has 0 aliphatic heterocycles. The fourth-order valence-electron chi connectivity index (χ4n) is 3.81. The highest BCUT2D eigenvalue weighted by molar-refractivity contribution is 7.17. The lowest BCUT2D eigenvalue weighted by molar-refractivity contribution is -0.385. The number of para-hydroxylation sites is 1. The van der Waals surface area contributed by atoms with E-state index in [1.165, 1.54) is 61.1 Å². The molecule has 1 heterocycles. The van der Waals surface area contributed by atoms with E-state index in [0.29, 0.717) is 12.0 Å². The largest absolute Gasteiger partial charge is 0.465 e. The van der Waals surface area contributed by atoms with E-state index in [0.717, 1.165) is 23.3 Å². The second-order valence-corrected chi connectivity index (χ2v) is 9.05. The van der Waals surface area contributed by atoms with E-state index in [4.69, 9.17) is 9.47 Å². The van der Waals surface area contributed by atoms with E-state index in [1.54, 1.807) is 12.1 Å². The maximum atomic E-state index is 12.4. The maximum Gasteiger partial charge on any atom is 0.350 e. The molecule has 1 aliphatic carbocycles. The Morgan fingerprint density at radius 3 is 2.61 bits per heavy atom. The summed E-state index contributed by atoms with van der Waals surface area (Å²) in [5.41, 5.74) is 3.00. The van der Waals surface area contributed by atoms with Crippen molar-refractivity contribution in [2.75, 3.05) is 12.4 Å². The number of thiophene rings is 1. The molecule has 0 saturated heterocycles. The summed E-state index contributed by atoms with van der Waals surface area (Å²) in [6.45, 7) is 0. The summed E-state index contributed by atoms with van der Waals surface area (Å²) in [6.07, 6.45) is 3.60. The van der Waals surface area contributed by atoms with Crippen LogP contribution in [0.3, 0.4) is 0 Å². The topological polar surface area (TPSA) is 166 Å². The minimum absolute atomic E-state index is 0.0854. The third kappa shape index (κ3) is 5.73. The third-order valence-corrected chi connectivity index (χ3v) is 6.72. The normalized spacial score (nSPS) is 12.0. The number of nitrogens with zero attached hydrogens (tertiary/aromatic N) is 2. The van der Waals surface area contributed by atoms with Gasteiger partial charge in [-0.1, -0.05) is 24.3 Å². The van der Waals surface area contributed by atoms with Crippen molar-refractivity contribution < 1.29 is 33.6 Å². The first kappa shape index (κ1) is 26.2. The number of esters is 2. The molecule has 2 N–H and O–H groups in total. The molecule has 13 heteroatoms. The summed E-state index contributed by atoms with van der Waals surface area (Å²) in [4.78, 5) is 60.7. The minimum atomic E-state index is -1.07. The van der Waals surface area contributed by atoms with Gasteiger partial charge in [-0.05, 0) is 48.6 Å². The molecule has 1 aliphatic rings. The molecule has 3 aromatic rings. The van der Waals surface area contributed by atoms with Gasteiger partial charge in [-0.25, -0.2) is 15.0 Å². The van der Waals surface area contributed by atoms with Crippen LogP contribution in [0.5, 0.6) is 5.75 Å². The fraction of sp³-hybridized carbons (Fsp3) is 0.160. The van der Waals surface area contributed by atoms with Crippen LogP contribution in [-0.4, -0.2) is 42.0 Å². The number of nitrogens with one attached hydrogen (secondary N) is 2. The van der Waals surface area contributed by atoms with Gasteiger partial charge in [0.25, 0.3) is 5.69 Å². The average molecular weight is 537 g/mol. The van der Waals surface area contributed by atoms with Gasteiger partial charge in [-0.15, -0.1) is 11.3 Å². The highest BCUT2D eigenvalue weighted by Crippen LogP contribution is 2.39. The van der Waals surface area contributed by atoms with Gasteiger partial charge in [0.1, 0.15) is 16.3 Å². The fourth-order valence-corrected chi connectivity index (χ4v) is 5.08. The lowest BCUT2D eigenvalue weighted by Gasteiger charge is -2.06. The molecule has 194 valence electrons. The molecule has 2 aromatic carbocycles. The first-order chi connectivity index (χ1) is 18.3. The Kier molecular flexibility index (Phi) is 7.87. The number of carbonyl (C=O) groups is 4. The number of amides is 2. The van der Waals surface area contributed by atoms with E-state index in [2.05, 4.69) is 15.8 Å². The number of methoxy groups -OCH3 is 1. The highest BCUT2D eigenvalue weighted by Gasteiger charge is 2.29. The number of aryl methyl sites for hydroxylation is 1. The van der Waals surface area contributed by atoms with Gasteiger partial charge in [-0.3, -0.25) is 19.7 Å². The Hall–Kier alpha value is -4.91. The molecule has 0 unspecified atom stereocenters. The van der Waals surface area contributed by atoms with Gasteiger partial charge in [0.2, 0.25) is 0 Å². The number of hydrogen-bond donors (Lipinski definition) is 2. The van der Waals surface area contributed by atoms with Crippen molar-refractivity contribution in [1.82, 2.24) is 5.43 Å². The van der Waals surface area contributed by atoms with Crippen LogP contribution in [0.15, 0.2) is 53.6 Å². The molecular weight excluding hydrogens is 516 g/mol. The Morgan fingerprint density at radius 1 is 1.05 bits per heavy atom. The van der Waals surface area contributed by atoms with Crippen LogP contribution in [-0.2, 0) is 27.2 Å². The molecular formula is C25H20N4O8S. The van der Waals surface area contributed by atoms with Crippen molar-refractivity contribution in [3.63, 3.8) is 0 Å². The lowest BCUT2D eigenvalue weighted by atomic mass is 10.1. The summed E-state index contributed by atoms with van der Waals surface area (Å²) in [5.74, 6) is -3.49. The van der Waals surface area contributed by atoms with Gasteiger partial charge in [0.15, 0.2) is 0 Å². The highest BCUT2D eigenvalue weighted by atomic mass is 32.1. The van der Waals surface area contributed by atoms with Crippen molar-refractivity contribution in [3.05, 3.63) is 85.8 Å². The van der Waals surface area contributed by atoms with Crippen LogP contribution < -0.4 is 15.5 Å². The van der Waals surface area contributed by atoms with Gasteiger partial charge in [-0.2, -0.15) is 5.10 Å². The van der Waals surface area contributed by atoms with Crippen molar-refractivity contribution in [1.29, 1.82) is 0 Å². The molecule has 2 amide bonds. The van der Waals surface area contributed by atoms with Gasteiger partial charge < -0.3 is 14.8 Å². The number of rotatable bonds is 7.